The van der Waals surface area contributed by atoms with E-state index in [0.717, 1.165) is 36.1 Å². The second kappa shape index (κ2) is 12.5. The molecule has 4 rings (SSSR count). The Kier molecular flexibility index (Phi) is 9.24. The molecule has 3 aromatic rings. The molecule has 1 fully saturated rings. The van der Waals surface area contributed by atoms with Gasteiger partial charge in [-0.1, -0.05) is 18.8 Å². The van der Waals surface area contributed by atoms with Crippen LogP contribution in [0.25, 0.3) is 11.0 Å². The maximum Gasteiger partial charge on any atom is 0.418 e. The van der Waals surface area contributed by atoms with Gasteiger partial charge in [0.15, 0.2) is 0 Å². The van der Waals surface area contributed by atoms with Crippen molar-refractivity contribution < 1.29 is 35.9 Å². The first kappa shape index (κ1) is 31.7. The second-order valence-corrected chi connectivity index (χ2v) is 10.5. The third-order valence-corrected chi connectivity index (χ3v) is 7.16. The molecule has 0 radical (unpaired) electrons. The number of aromatic nitrogens is 2. The van der Waals surface area contributed by atoms with E-state index in [9.17, 15) is 35.9 Å². The summed E-state index contributed by atoms with van der Waals surface area (Å²) >= 11 is 0. The van der Waals surface area contributed by atoms with E-state index in [0.29, 0.717) is 6.42 Å². The molecule has 0 saturated carbocycles. The Morgan fingerprint density at radius 2 is 1.84 bits per heavy atom. The number of rotatable bonds is 6. The summed E-state index contributed by atoms with van der Waals surface area (Å²) in [7, 11) is 3.28. The molecule has 3 N–H and O–H groups in total. The van der Waals surface area contributed by atoms with Crippen LogP contribution in [0.15, 0.2) is 36.7 Å². The van der Waals surface area contributed by atoms with Gasteiger partial charge in [0.05, 0.1) is 29.5 Å². The van der Waals surface area contributed by atoms with Crippen LogP contribution in [0.2, 0.25) is 0 Å². The molecule has 1 aromatic heterocycles. The van der Waals surface area contributed by atoms with Crippen LogP contribution in [0.5, 0.6) is 0 Å². The Balaban J connectivity index is 1.62. The van der Waals surface area contributed by atoms with Gasteiger partial charge in [-0.05, 0) is 56.3 Å². The lowest BCUT2D eigenvalue weighted by Crippen LogP contribution is -2.48. The second-order valence-electron chi connectivity index (χ2n) is 10.5. The molecule has 0 spiro atoms. The lowest BCUT2D eigenvalue weighted by Gasteiger charge is -2.35. The van der Waals surface area contributed by atoms with Gasteiger partial charge in [-0.15, -0.1) is 0 Å². The van der Waals surface area contributed by atoms with E-state index < -0.39 is 36.3 Å². The summed E-state index contributed by atoms with van der Waals surface area (Å²) in [6.07, 6.45) is -7.60. The van der Waals surface area contributed by atoms with E-state index in [-0.39, 0.29) is 51.9 Å². The first-order valence-corrected chi connectivity index (χ1v) is 13.4. The molecule has 0 unspecified atom stereocenters. The summed E-state index contributed by atoms with van der Waals surface area (Å²) in [6.45, 7) is 1.94. The maximum absolute atomic E-state index is 13.6. The minimum atomic E-state index is -4.75. The fourth-order valence-electron chi connectivity index (χ4n) is 5.05. The van der Waals surface area contributed by atoms with Crippen molar-refractivity contribution in [3.8, 4) is 11.8 Å². The standard InChI is InChI=1S/C29H30F6N6O2/c1-17-14-40(3)10-8-22(17)39-27(43)20-11-18(12-24-25(20)38-16-41(24)15-28(30,31)32)5-4-9-37-23-7-6-19(26(42)36-2)13-21(23)29(33,34)35/h6-7,11-13,16-17,22,37H,8-10,14-15H2,1-3H3,(H,36,42)(H,39,43)/t17-,22-/m0/s1. The zero-order valence-electron chi connectivity index (χ0n) is 23.6. The third-order valence-electron chi connectivity index (χ3n) is 7.16. The molecule has 8 nitrogen and oxygen atoms in total. The highest BCUT2D eigenvalue weighted by Crippen LogP contribution is 2.35. The summed E-state index contributed by atoms with van der Waals surface area (Å²) in [6, 6.07) is 5.69. The van der Waals surface area contributed by atoms with Crippen molar-refractivity contribution in [2.45, 2.75) is 38.3 Å². The number of piperidine rings is 1. The fourth-order valence-corrected chi connectivity index (χ4v) is 5.05. The molecule has 1 aliphatic heterocycles. The quantitative estimate of drug-likeness (QED) is 0.283. The Morgan fingerprint density at radius 1 is 1.09 bits per heavy atom. The highest BCUT2D eigenvalue weighted by molar-refractivity contribution is 6.05. The molecule has 0 bridgehead atoms. The number of imidazole rings is 1. The number of amides is 2. The van der Waals surface area contributed by atoms with Crippen LogP contribution in [-0.4, -0.2) is 72.2 Å². The number of halogens is 6. The summed E-state index contributed by atoms with van der Waals surface area (Å²) in [5.41, 5.74) is -1.18. The van der Waals surface area contributed by atoms with Gasteiger partial charge < -0.3 is 25.4 Å². The van der Waals surface area contributed by atoms with Crippen molar-refractivity contribution in [1.82, 2.24) is 25.1 Å². The topological polar surface area (TPSA) is 91.3 Å². The number of alkyl halides is 6. The van der Waals surface area contributed by atoms with Crippen molar-refractivity contribution in [3.63, 3.8) is 0 Å². The van der Waals surface area contributed by atoms with Crippen LogP contribution < -0.4 is 16.0 Å². The predicted molar refractivity (Wildman–Crippen MR) is 149 cm³/mol. The fraction of sp³-hybridized carbons (Fsp3) is 0.414. The SMILES string of the molecule is CNC(=O)c1ccc(NCC#Cc2cc(C(=O)N[C@H]3CCN(C)C[C@@H]3C)c3ncn(CC(F)(F)F)c3c2)c(C(F)(F)F)c1. The van der Waals surface area contributed by atoms with Crippen LogP contribution in [0.4, 0.5) is 32.0 Å². The monoisotopic (exact) mass is 608 g/mol. The van der Waals surface area contributed by atoms with E-state index in [4.69, 9.17) is 0 Å². The average Bonchev–Trinajstić information content (AvgIpc) is 3.32. The van der Waals surface area contributed by atoms with Crippen molar-refractivity contribution in [1.29, 1.82) is 0 Å². The number of hydrogen-bond donors (Lipinski definition) is 3. The van der Waals surface area contributed by atoms with Crippen LogP contribution in [0.1, 0.15) is 45.2 Å². The van der Waals surface area contributed by atoms with Gasteiger partial charge in [0.1, 0.15) is 12.1 Å². The normalized spacial score (nSPS) is 17.7. The van der Waals surface area contributed by atoms with Gasteiger partial charge in [-0.3, -0.25) is 9.59 Å². The van der Waals surface area contributed by atoms with Gasteiger partial charge in [0.25, 0.3) is 11.8 Å². The largest absolute Gasteiger partial charge is 0.418 e. The minimum Gasteiger partial charge on any atom is -0.374 e. The lowest BCUT2D eigenvalue weighted by atomic mass is 9.93. The molecule has 2 atom stereocenters. The van der Waals surface area contributed by atoms with E-state index in [1.807, 2.05) is 14.0 Å². The number of carbonyl (C=O) groups is 2. The minimum absolute atomic E-state index is 0.0443. The molecule has 14 heteroatoms. The zero-order valence-corrected chi connectivity index (χ0v) is 23.6. The lowest BCUT2D eigenvalue weighted by molar-refractivity contribution is -0.140. The number of fused-ring (bicyclic) bond motifs is 1. The average molecular weight is 609 g/mol. The van der Waals surface area contributed by atoms with Crippen molar-refractivity contribution in [3.05, 3.63) is 58.9 Å². The first-order valence-electron chi connectivity index (χ1n) is 13.4. The van der Waals surface area contributed by atoms with Crippen molar-refractivity contribution in [2.24, 2.45) is 5.92 Å². The van der Waals surface area contributed by atoms with E-state index in [1.54, 1.807) is 0 Å². The van der Waals surface area contributed by atoms with E-state index in [1.165, 1.54) is 25.2 Å². The van der Waals surface area contributed by atoms with E-state index in [2.05, 4.69) is 37.7 Å². The Hall–Kier alpha value is -4.25. The number of nitrogens with one attached hydrogen (secondary N) is 3. The number of hydrogen-bond acceptors (Lipinski definition) is 5. The number of carbonyl (C=O) groups excluding carboxylic acids is 2. The number of benzene rings is 2. The van der Waals surface area contributed by atoms with Gasteiger partial charge in [0.2, 0.25) is 0 Å². The van der Waals surface area contributed by atoms with Crippen LogP contribution in [-0.2, 0) is 12.7 Å². The van der Waals surface area contributed by atoms with Crippen LogP contribution in [0, 0.1) is 17.8 Å². The van der Waals surface area contributed by atoms with Crippen molar-refractivity contribution in [2.75, 3.05) is 39.0 Å². The van der Waals surface area contributed by atoms with E-state index >= 15 is 0 Å². The van der Waals surface area contributed by atoms with Gasteiger partial charge >= 0.3 is 12.4 Å². The number of likely N-dealkylation sites (tertiary alicyclic amines) is 1. The van der Waals surface area contributed by atoms with Gasteiger partial charge in [-0.25, -0.2) is 4.98 Å². The third kappa shape index (κ3) is 7.78. The molecule has 1 aliphatic rings. The summed E-state index contributed by atoms with van der Waals surface area (Å²) in [5.74, 6) is 4.35. The summed E-state index contributed by atoms with van der Waals surface area (Å²) < 4.78 is 81.5. The highest BCUT2D eigenvalue weighted by atomic mass is 19.4. The van der Waals surface area contributed by atoms with Gasteiger partial charge in [0, 0.05) is 36.4 Å². The smallest absolute Gasteiger partial charge is 0.374 e. The van der Waals surface area contributed by atoms with Crippen LogP contribution >= 0.6 is 0 Å². The molecule has 2 heterocycles. The molecule has 230 valence electrons. The number of nitrogens with zero attached hydrogens (tertiary/aromatic N) is 3. The highest BCUT2D eigenvalue weighted by Gasteiger charge is 2.34. The Labute approximate surface area is 243 Å². The molecule has 43 heavy (non-hydrogen) atoms. The first-order chi connectivity index (χ1) is 20.2. The summed E-state index contributed by atoms with van der Waals surface area (Å²) in [5, 5.41) is 7.82. The molecular weight excluding hydrogens is 578 g/mol. The molecular formula is C29H30F6N6O2. The maximum atomic E-state index is 13.6. The molecule has 2 aromatic carbocycles. The Bertz CT molecular complexity index is 1570. The molecule has 1 saturated heterocycles. The van der Waals surface area contributed by atoms with Gasteiger partial charge in [-0.2, -0.15) is 26.3 Å². The van der Waals surface area contributed by atoms with Crippen molar-refractivity contribution >= 4 is 28.5 Å². The molecule has 0 aliphatic carbocycles. The zero-order chi connectivity index (χ0) is 31.5. The summed E-state index contributed by atoms with van der Waals surface area (Å²) in [4.78, 5) is 31.4. The number of anilines is 1. The molecule has 2 amide bonds. The predicted octanol–water partition coefficient (Wildman–Crippen LogP) is 4.51. The van der Waals surface area contributed by atoms with Crippen LogP contribution in [0.3, 0.4) is 0 Å². The Morgan fingerprint density at radius 3 is 2.49 bits per heavy atom.